The molecule has 28 heavy (non-hydrogen) atoms. The molecular weight excluding hydrogens is 359 g/mol. The SMILES string of the molecule is CCOc1nc(NCc2ccccc2)nc2nnc(-c3ccc(F)cc3)nc12. The third-order valence-corrected chi connectivity index (χ3v) is 3.97. The fourth-order valence-electron chi connectivity index (χ4n) is 2.63. The summed E-state index contributed by atoms with van der Waals surface area (Å²) in [7, 11) is 0. The molecule has 140 valence electrons. The van der Waals surface area contributed by atoms with E-state index in [-0.39, 0.29) is 5.82 Å². The van der Waals surface area contributed by atoms with Crippen molar-refractivity contribution in [1.82, 2.24) is 25.1 Å². The normalized spacial score (nSPS) is 10.8. The van der Waals surface area contributed by atoms with E-state index in [2.05, 4.69) is 30.5 Å². The minimum Gasteiger partial charge on any atom is -0.476 e. The first-order valence-electron chi connectivity index (χ1n) is 8.82. The predicted octanol–water partition coefficient (Wildman–Crippen LogP) is 3.63. The molecule has 2 aromatic heterocycles. The number of hydrogen-bond donors (Lipinski definition) is 1. The van der Waals surface area contributed by atoms with Crippen LogP contribution in [0.5, 0.6) is 5.88 Å². The van der Waals surface area contributed by atoms with E-state index in [1.807, 2.05) is 37.3 Å². The van der Waals surface area contributed by atoms with E-state index in [9.17, 15) is 4.39 Å². The molecule has 0 fully saturated rings. The van der Waals surface area contributed by atoms with E-state index in [1.165, 1.54) is 12.1 Å². The van der Waals surface area contributed by atoms with Crippen LogP contribution in [-0.2, 0) is 6.54 Å². The van der Waals surface area contributed by atoms with Crippen LogP contribution in [0.4, 0.5) is 10.3 Å². The first-order valence-corrected chi connectivity index (χ1v) is 8.82. The fourth-order valence-corrected chi connectivity index (χ4v) is 2.63. The second-order valence-electron chi connectivity index (χ2n) is 5.94. The number of nitrogens with zero attached hydrogens (tertiary/aromatic N) is 5. The van der Waals surface area contributed by atoms with Crippen molar-refractivity contribution in [3.63, 3.8) is 0 Å². The van der Waals surface area contributed by atoms with Crippen LogP contribution in [0.3, 0.4) is 0 Å². The highest BCUT2D eigenvalue weighted by Crippen LogP contribution is 2.24. The maximum Gasteiger partial charge on any atom is 0.247 e. The second kappa shape index (κ2) is 7.91. The molecule has 7 nitrogen and oxygen atoms in total. The van der Waals surface area contributed by atoms with Gasteiger partial charge >= 0.3 is 0 Å². The highest BCUT2D eigenvalue weighted by molar-refractivity contribution is 5.78. The van der Waals surface area contributed by atoms with Crippen molar-refractivity contribution in [3.8, 4) is 17.3 Å². The lowest BCUT2D eigenvalue weighted by atomic mass is 10.2. The first kappa shape index (κ1) is 17.7. The van der Waals surface area contributed by atoms with Gasteiger partial charge in [-0.3, -0.25) is 0 Å². The summed E-state index contributed by atoms with van der Waals surface area (Å²) >= 11 is 0. The Hall–Kier alpha value is -3.68. The third-order valence-electron chi connectivity index (χ3n) is 3.97. The van der Waals surface area contributed by atoms with Crippen molar-refractivity contribution < 1.29 is 9.13 Å². The maximum absolute atomic E-state index is 13.2. The van der Waals surface area contributed by atoms with Gasteiger partial charge in [0.2, 0.25) is 17.5 Å². The zero-order valence-electron chi connectivity index (χ0n) is 15.1. The molecule has 0 radical (unpaired) electrons. The van der Waals surface area contributed by atoms with Gasteiger partial charge in [0.1, 0.15) is 5.82 Å². The molecular formula is C20H17FN6O. The summed E-state index contributed by atoms with van der Waals surface area (Å²) in [6, 6.07) is 15.8. The summed E-state index contributed by atoms with van der Waals surface area (Å²) in [6.45, 7) is 2.84. The average Bonchev–Trinajstić information content (AvgIpc) is 2.73. The zero-order chi connectivity index (χ0) is 19.3. The molecule has 0 unspecified atom stereocenters. The molecule has 0 aliphatic rings. The summed E-state index contributed by atoms with van der Waals surface area (Å²) in [4.78, 5) is 13.3. The van der Waals surface area contributed by atoms with Crippen LogP contribution in [0.2, 0.25) is 0 Å². The average molecular weight is 376 g/mol. The topological polar surface area (TPSA) is 85.7 Å². The quantitative estimate of drug-likeness (QED) is 0.550. The number of ether oxygens (including phenoxy) is 1. The van der Waals surface area contributed by atoms with Gasteiger partial charge in [0.05, 0.1) is 6.61 Å². The van der Waals surface area contributed by atoms with Gasteiger partial charge in [0, 0.05) is 12.1 Å². The molecule has 0 atom stereocenters. The van der Waals surface area contributed by atoms with E-state index in [0.717, 1.165) is 5.56 Å². The van der Waals surface area contributed by atoms with Gasteiger partial charge in [0.15, 0.2) is 11.3 Å². The standard InChI is InChI=1S/C20H17FN6O/c1-2-28-19-16-18(24-20(25-19)22-12-13-6-4-3-5-7-13)27-26-17(23-16)14-8-10-15(21)11-9-14/h3-11H,2,12H2,1H3,(H,22,24,25,27). The van der Waals surface area contributed by atoms with Gasteiger partial charge in [-0.2, -0.15) is 9.97 Å². The molecule has 1 N–H and O–H groups in total. The lowest BCUT2D eigenvalue weighted by Crippen LogP contribution is -2.08. The molecule has 2 heterocycles. The van der Waals surface area contributed by atoms with Crippen LogP contribution in [-0.4, -0.2) is 31.8 Å². The van der Waals surface area contributed by atoms with Gasteiger partial charge < -0.3 is 10.1 Å². The van der Waals surface area contributed by atoms with Crippen molar-refractivity contribution in [2.45, 2.75) is 13.5 Å². The van der Waals surface area contributed by atoms with Crippen molar-refractivity contribution in [2.24, 2.45) is 0 Å². The molecule has 0 amide bonds. The highest BCUT2D eigenvalue weighted by Gasteiger charge is 2.14. The van der Waals surface area contributed by atoms with E-state index < -0.39 is 0 Å². The number of nitrogens with one attached hydrogen (secondary N) is 1. The van der Waals surface area contributed by atoms with Crippen LogP contribution in [0, 0.1) is 5.82 Å². The van der Waals surface area contributed by atoms with Gasteiger partial charge in [-0.1, -0.05) is 30.3 Å². The van der Waals surface area contributed by atoms with Crippen LogP contribution in [0.1, 0.15) is 12.5 Å². The lowest BCUT2D eigenvalue weighted by molar-refractivity contribution is 0.330. The van der Waals surface area contributed by atoms with Crippen LogP contribution >= 0.6 is 0 Å². The Morgan fingerprint density at radius 3 is 2.46 bits per heavy atom. The third kappa shape index (κ3) is 3.85. The summed E-state index contributed by atoms with van der Waals surface area (Å²) in [6.07, 6.45) is 0. The highest BCUT2D eigenvalue weighted by atomic mass is 19.1. The molecule has 0 saturated carbocycles. The number of fused-ring (bicyclic) bond motifs is 1. The summed E-state index contributed by atoms with van der Waals surface area (Å²) in [5.74, 6) is 0.721. The molecule has 0 bridgehead atoms. The molecule has 0 aliphatic heterocycles. The Labute approximate surface area is 160 Å². The summed E-state index contributed by atoms with van der Waals surface area (Å²) in [5.41, 5.74) is 2.46. The van der Waals surface area contributed by atoms with Crippen molar-refractivity contribution in [2.75, 3.05) is 11.9 Å². The maximum atomic E-state index is 13.2. The van der Waals surface area contributed by atoms with Gasteiger partial charge in [0.25, 0.3) is 0 Å². The Balaban J connectivity index is 1.68. The Morgan fingerprint density at radius 2 is 1.71 bits per heavy atom. The van der Waals surface area contributed by atoms with E-state index in [1.54, 1.807) is 12.1 Å². The summed E-state index contributed by atoms with van der Waals surface area (Å²) < 4.78 is 18.8. The van der Waals surface area contributed by atoms with E-state index in [0.29, 0.717) is 47.5 Å². The van der Waals surface area contributed by atoms with E-state index >= 15 is 0 Å². The predicted molar refractivity (Wildman–Crippen MR) is 103 cm³/mol. The van der Waals surface area contributed by atoms with Crippen LogP contribution < -0.4 is 10.1 Å². The molecule has 2 aromatic carbocycles. The Kier molecular flexibility index (Phi) is 5.01. The minimum atomic E-state index is -0.329. The number of aromatic nitrogens is 5. The fraction of sp³-hybridized carbons (Fsp3) is 0.150. The van der Waals surface area contributed by atoms with Gasteiger partial charge in [-0.05, 0) is 36.8 Å². The number of halogens is 1. The zero-order valence-corrected chi connectivity index (χ0v) is 15.1. The van der Waals surface area contributed by atoms with Gasteiger partial charge in [-0.25, -0.2) is 9.37 Å². The number of anilines is 1. The Bertz CT molecular complexity index is 1090. The minimum absolute atomic E-state index is 0.319. The molecule has 4 rings (SSSR count). The van der Waals surface area contributed by atoms with Crippen LogP contribution in [0.25, 0.3) is 22.6 Å². The molecule has 0 aliphatic carbocycles. The summed E-state index contributed by atoms with van der Waals surface area (Å²) in [5, 5.41) is 11.4. The number of hydrogen-bond acceptors (Lipinski definition) is 7. The first-order chi connectivity index (χ1) is 13.7. The molecule has 4 aromatic rings. The molecule has 0 spiro atoms. The second-order valence-corrected chi connectivity index (χ2v) is 5.94. The smallest absolute Gasteiger partial charge is 0.247 e. The number of rotatable bonds is 6. The van der Waals surface area contributed by atoms with Crippen molar-refractivity contribution in [1.29, 1.82) is 0 Å². The van der Waals surface area contributed by atoms with Crippen LogP contribution in [0.15, 0.2) is 54.6 Å². The number of benzene rings is 2. The Morgan fingerprint density at radius 1 is 0.929 bits per heavy atom. The van der Waals surface area contributed by atoms with Crippen molar-refractivity contribution in [3.05, 3.63) is 66.0 Å². The van der Waals surface area contributed by atoms with E-state index in [4.69, 9.17) is 4.74 Å². The monoisotopic (exact) mass is 376 g/mol. The largest absolute Gasteiger partial charge is 0.476 e. The molecule has 8 heteroatoms. The van der Waals surface area contributed by atoms with Crippen molar-refractivity contribution >= 4 is 17.1 Å². The lowest BCUT2D eigenvalue weighted by Gasteiger charge is -2.10. The molecule has 0 saturated heterocycles. The van der Waals surface area contributed by atoms with Gasteiger partial charge in [-0.15, -0.1) is 10.2 Å².